The number of rotatable bonds is 3. The van der Waals surface area contributed by atoms with Crippen LogP contribution in [0.3, 0.4) is 0 Å². The molecule has 2 aliphatic rings. The molecular formula is C9H17BO3. The SMILES string of the molecule is B[C@@H]1O[C@@]2(CCC)CO[C@H]2[C@H]1OC. The van der Waals surface area contributed by atoms with Crippen molar-refractivity contribution in [1.29, 1.82) is 0 Å². The summed E-state index contributed by atoms with van der Waals surface area (Å²) in [6.45, 7) is 2.92. The fraction of sp³-hybridized carbons (Fsp3) is 1.00. The molecule has 74 valence electrons. The van der Waals surface area contributed by atoms with E-state index in [1.807, 2.05) is 0 Å². The van der Waals surface area contributed by atoms with Gasteiger partial charge in [-0.2, -0.15) is 0 Å². The summed E-state index contributed by atoms with van der Waals surface area (Å²) >= 11 is 0. The van der Waals surface area contributed by atoms with Crippen molar-refractivity contribution >= 4 is 7.85 Å². The zero-order chi connectivity index (χ0) is 9.47. The molecule has 0 saturated carbocycles. The lowest BCUT2D eigenvalue weighted by Crippen LogP contribution is -2.59. The Hall–Kier alpha value is -0.0551. The van der Waals surface area contributed by atoms with E-state index in [1.54, 1.807) is 7.11 Å². The molecular weight excluding hydrogens is 167 g/mol. The first-order chi connectivity index (χ1) is 6.23. The van der Waals surface area contributed by atoms with E-state index >= 15 is 0 Å². The molecule has 0 aromatic heterocycles. The minimum atomic E-state index is -0.0190. The van der Waals surface area contributed by atoms with E-state index in [0.29, 0.717) is 0 Å². The summed E-state index contributed by atoms with van der Waals surface area (Å²) in [5.41, 5.74) is -0.0190. The highest BCUT2D eigenvalue weighted by molar-refractivity contribution is 6.11. The van der Waals surface area contributed by atoms with Crippen molar-refractivity contribution in [3.63, 3.8) is 0 Å². The molecule has 4 atom stereocenters. The molecule has 4 heteroatoms. The van der Waals surface area contributed by atoms with Crippen molar-refractivity contribution in [3.8, 4) is 0 Å². The third-order valence-corrected chi connectivity index (χ3v) is 3.15. The highest BCUT2D eigenvalue weighted by Gasteiger charge is 2.60. The van der Waals surface area contributed by atoms with Gasteiger partial charge in [0.25, 0.3) is 0 Å². The van der Waals surface area contributed by atoms with Gasteiger partial charge < -0.3 is 14.2 Å². The van der Waals surface area contributed by atoms with Crippen molar-refractivity contribution in [3.05, 3.63) is 0 Å². The molecule has 13 heavy (non-hydrogen) atoms. The quantitative estimate of drug-likeness (QED) is 0.574. The monoisotopic (exact) mass is 184 g/mol. The highest BCUT2D eigenvalue weighted by atomic mass is 16.7. The van der Waals surface area contributed by atoms with Crippen molar-refractivity contribution in [1.82, 2.24) is 0 Å². The van der Waals surface area contributed by atoms with Crippen LogP contribution in [0.1, 0.15) is 19.8 Å². The normalized spacial score (nSPS) is 48.6. The molecule has 0 aliphatic carbocycles. The molecule has 0 bridgehead atoms. The van der Waals surface area contributed by atoms with E-state index in [2.05, 4.69) is 14.8 Å². The van der Waals surface area contributed by atoms with Gasteiger partial charge >= 0.3 is 0 Å². The van der Waals surface area contributed by atoms with Crippen LogP contribution in [-0.4, -0.2) is 45.4 Å². The molecule has 0 N–H and O–H groups in total. The van der Waals surface area contributed by atoms with Gasteiger partial charge in [0.1, 0.15) is 25.7 Å². The Bertz CT molecular complexity index is 199. The third-order valence-electron chi connectivity index (χ3n) is 3.15. The predicted octanol–water partition coefficient (Wildman–Crippen LogP) is -0.0715. The smallest absolute Gasteiger partial charge is 0.142 e. The van der Waals surface area contributed by atoms with Gasteiger partial charge in [-0.05, 0) is 6.42 Å². The maximum atomic E-state index is 5.94. The summed E-state index contributed by atoms with van der Waals surface area (Å²) in [6, 6.07) is 0.170. The first-order valence-corrected chi connectivity index (χ1v) is 5.06. The first-order valence-electron chi connectivity index (χ1n) is 5.06. The fourth-order valence-electron chi connectivity index (χ4n) is 2.56. The molecule has 0 radical (unpaired) electrons. The lowest BCUT2D eigenvalue weighted by atomic mass is 9.83. The van der Waals surface area contributed by atoms with Gasteiger partial charge in [-0.25, -0.2) is 0 Å². The van der Waals surface area contributed by atoms with Crippen LogP contribution >= 0.6 is 0 Å². The molecule has 0 amide bonds. The number of methoxy groups -OCH3 is 1. The molecule has 2 saturated heterocycles. The maximum absolute atomic E-state index is 5.94. The zero-order valence-corrected chi connectivity index (χ0v) is 8.58. The summed E-state index contributed by atoms with van der Waals surface area (Å²) < 4.78 is 16.9. The molecule has 3 nitrogen and oxygen atoms in total. The number of hydrogen-bond acceptors (Lipinski definition) is 3. The van der Waals surface area contributed by atoms with E-state index in [1.165, 1.54) is 0 Å². The molecule has 0 unspecified atom stereocenters. The maximum Gasteiger partial charge on any atom is 0.142 e. The Morgan fingerprint density at radius 3 is 2.85 bits per heavy atom. The van der Waals surface area contributed by atoms with Gasteiger partial charge in [0, 0.05) is 7.11 Å². The summed E-state index contributed by atoms with van der Waals surface area (Å²) in [5, 5.41) is 0. The first kappa shape index (κ1) is 9.50. The molecule has 0 spiro atoms. The molecule has 2 heterocycles. The Morgan fingerprint density at radius 1 is 1.62 bits per heavy atom. The van der Waals surface area contributed by atoms with Crippen molar-refractivity contribution in [2.45, 2.75) is 43.6 Å². The van der Waals surface area contributed by atoms with E-state index in [-0.39, 0.29) is 23.8 Å². The minimum Gasteiger partial charge on any atom is -0.377 e. The Balaban J connectivity index is 2.08. The lowest BCUT2D eigenvalue weighted by molar-refractivity contribution is -0.229. The second-order valence-corrected chi connectivity index (χ2v) is 4.07. The minimum absolute atomic E-state index is 0.0190. The fourth-order valence-corrected chi connectivity index (χ4v) is 2.56. The van der Waals surface area contributed by atoms with E-state index in [9.17, 15) is 0 Å². The largest absolute Gasteiger partial charge is 0.377 e. The van der Waals surface area contributed by atoms with Gasteiger partial charge in [0.05, 0.1) is 12.6 Å². The van der Waals surface area contributed by atoms with Crippen LogP contribution in [0.15, 0.2) is 0 Å². The second-order valence-electron chi connectivity index (χ2n) is 4.07. The van der Waals surface area contributed by atoms with Gasteiger partial charge in [-0.3, -0.25) is 0 Å². The van der Waals surface area contributed by atoms with Crippen LogP contribution in [0, 0.1) is 0 Å². The predicted molar refractivity (Wildman–Crippen MR) is 51.6 cm³/mol. The van der Waals surface area contributed by atoms with Gasteiger partial charge in [-0.15, -0.1) is 0 Å². The zero-order valence-electron chi connectivity index (χ0n) is 8.58. The number of hydrogen-bond donors (Lipinski definition) is 0. The van der Waals surface area contributed by atoms with Crippen LogP contribution in [0.25, 0.3) is 0 Å². The van der Waals surface area contributed by atoms with Gasteiger partial charge in [0.15, 0.2) is 0 Å². The number of ether oxygens (including phenoxy) is 3. The van der Waals surface area contributed by atoms with Crippen molar-refractivity contribution in [2.75, 3.05) is 13.7 Å². The van der Waals surface area contributed by atoms with Crippen molar-refractivity contribution in [2.24, 2.45) is 0 Å². The van der Waals surface area contributed by atoms with Crippen LogP contribution in [0.5, 0.6) is 0 Å². The Labute approximate surface area is 80.1 Å². The van der Waals surface area contributed by atoms with Crippen LogP contribution in [-0.2, 0) is 14.2 Å². The average Bonchev–Trinajstić information content (AvgIpc) is 2.26. The molecule has 2 fully saturated rings. The molecule has 0 aromatic carbocycles. The summed E-state index contributed by atoms with van der Waals surface area (Å²) in [6.07, 6.45) is 2.53. The van der Waals surface area contributed by atoms with Crippen LogP contribution < -0.4 is 0 Å². The second kappa shape index (κ2) is 3.26. The topological polar surface area (TPSA) is 27.7 Å². The van der Waals surface area contributed by atoms with Crippen molar-refractivity contribution < 1.29 is 14.2 Å². The van der Waals surface area contributed by atoms with Gasteiger partial charge in [0.2, 0.25) is 0 Å². The van der Waals surface area contributed by atoms with Crippen LogP contribution in [0.2, 0.25) is 0 Å². The van der Waals surface area contributed by atoms with Crippen LogP contribution in [0.4, 0.5) is 0 Å². The number of fused-ring (bicyclic) bond motifs is 1. The standard InChI is InChI=1S/C9H17BO3/c1-3-4-9-5-12-7(9)6(11-2)8(10)13-9/h6-8H,3-5,10H2,1-2H3/t6-,7+,8-,9+/m1/s1. The van der Waals surface area contributed by atoms with Gasteiger partial charge in [-0.1, -0.05) is 13.3 Å². The van der Waals surface area contributed by atoms with E-state index < -0.39 is 0 Å². The highest BCUT2D eigenvalue weighted by Crippen LogP contribution is 2.44. The summed E-state index contributed by atoms with van der Waals surface area (Å²) in [5.74, 6) is 0. The molecule has 0 aromatic rings. The third kappa shape index (κ3) is 1.23. The Kier molecular flexibility index (Phi) is 2.38. The Morgan fingerprint density at radius 2 is 2.38 bits per heavy atom. The molecule has 2 aliphatic heterocycles. The molecule has 2 rings (SSSR count). The van der Waals surface area contributed by atoms with E-state index in [4.69, 9.17) is 14.2 Å². The lowest BCUT2D eigenvalue weighted by Gasteiger charge is -2.44. The average molecular weight is 184 g/mol. The summed E-state index contributed by atoms with van der Waals surface area (Å²) in [4.78, 5) is 0. The van der Waals surface area contributed by atoms with E-state index in [0.717, 1.165) is 19.4 Å². The summed E-state index contributed by atoms with van der Waals surface area (Å²) in [7, 11) is 3.79.